The second-order valence-corrected chi connectivity index (χ2v) is 13.7. The summed E-state index contributed by atoms with van der Waals surface area (Å²) in [5, 5.41) is 0. The molecule has 192 valence electrons. The third-order valence-corrected chi connectivity index (χ3v) is 10.0. The predicted octanol–water partition coefficient (Wildman–Crippen LogP) is 6.41. The van der Waals surface area contributed by atoms with E-state index in [9.17, 15) is 14.4 Å². The Balaban J connectivity index is 1.43. The molecule has 0 N–H and O–H groups in total. The minimum absolute atomic E-state index is 0.0913. The highest BCUT2D eigenvalue weighted by molar-refractivity contribution is 5.82. The van der Waals surface area contributed by atoms with Gasteiger partial charge in [0, 0.05) is 18.3 Å². The van der Waals surface area contributed by atoms with Crippen molar-refractivity contribution in [1.29, 1.82) is 0 Å². The van der Waals surface area contributed by atoms with Gasteiger partial charge in [-0.25, -0.2) is 0 Å². The normalized spacial score (nSPS) is 35.1. The average molecular weight is 475 g/mol. The van der Waals surface area contributed by atoms with Crippen LogP contribution in [0.1, 0.15) is 119 Å². The molecule has 0 radical (unpaired) electrons. The number of ketones is 1. The van der Waals surface area contributed by atoms with Gasteiger partial charge in [0.15, 0.2) is 0 Å². The van der Waals surface area contributed by atoms with Crippen LogP contribution < -0.4 is 0 Å². The lowest BCUT2D eigenvalue weighted by Crippen LogP contribution is -2.58. The Morgan fingerprint density at radius 1 is 0.941 bits per heavy atom. The van der Waals surface area contributed by atoms with Crippen LogP contribution in [0.4, 0.5) is 0 Å². The van der Waals surface area contributed by atoms with Crippen molar-refractivity contribution in [3.05, 3.63) is 0 Å². The zero-order chi connectivity index (χ0) is 24.9. The molecule has 0 heterocycles. The van der Waals surface area contributed by atoms with Crippen molar-refractivity contribution in [2.24, 2.45) is 34.0 Å². The smallest absolute Gasteiger partial charge is 0.312 e. The fourth-order valence-corrected chi connectivity index (χ4v) is 8.10. The zero-order valence-electron chi connectivity index (χ0n) is 22.3. The van der Waals surface area contributed by atoms with E-state index in [1.54, 1.807) is 0 Å². The molecular formula is C29H46O5. The molecule has 5 nitrogen and oxygen atoms in total. The number of carbonyl (C=O) groups excluding carboxylic acids is 3. The van der Waals surface area contributed by atoms with Crippen LogP contribution in [0, 0.1) is 34.0 Å². The molecule has 34 heavy (non-hydrogen) atoms. The fraction of sp³-hybridized carbons (Fsp3) is 0.897. The van der Waals surface area contributed by atoms with E-state index in [4.69, 9.17) is 9.47 Å². The second kappa shape index (κ2) is 8.92. The molecule has 5 fully saturated rings. The molecule has 5 rings (SSSR count). The zero-order valence-corrected chi connectivity index (χ0v) is 22.3. The van der Waals surface area contributed by atoms with Crippen molar-refractivity contribution in [2.75, 3.05) is 0 Å². The Labute approximate surface area is 206 Å². The first-order valence-electron chi connectivity index (χ1n) is 13.7. The van der Waals surface area contributed by atoms with Gasteiger partial charge in [0.25, 0.3) is 0 Å². The highest BCUT2D eigenvalue weighted by atomic mass is 16.6. The highest BCUT2D eigenvalue weighted by Crippen LogP contribution is 2.64. The third kappa shape index (κ3) is 4.82. The molecule has 0 aromatic carbocycles. The Hall–Kier alpha value is -1.39. The lowest BCUT2D eigenvalue weighted by atomic mass is 9.46. The van der Waals surface area contributed by atoms with Gasteiger partial charge in [-0.1, -0.05) is 6.92 Å². The maximum Gasteiger partial charge on any atom is 0.312 e. The van der Waals surface area contributed by atoms with Gasteiger partial charge in [-0.15, -0.1) is 0 Å². The number of carbonyl (C=O) groups is 3. The molecule has 0 saturated heterocycles. The first-order chi connectivity index (χ1) is 15.8. The number of hydrogen-bond acceptors (Lipinski definition) is 5. The number of esters is 2. The Morgan fingerprint density at radius 3 is 2.00 bits per heavy atom. The largest absolute Gasteiger partial charge is 0.461 e. The highest BCUT2D eigenvalue weighted by Gasteiger charge is 2.59. The summed E-state index contributed by atoms with van der Waals surface area (Å²) in [6.45, 7) is 11.9. The molecule has 2 atom stereocenters. The van der Waals surface area contributed by atoms with E-state index in [1.807, 2.05) is 27.7 Å². The Morgan fingerprint density at radius 2 is 1.50 bits per heavy atom. The summed E-state index contributed by atoms with van der Waals surface area (Å²) in [4.78, 5) is 38.6. The molecule has 5 saturated carbocycles. The van der Waals surface area contributed by atoms with Crippen LogP contribution in [0.3, 0.4) is 0 Å². The molecule has 5 aliphatic rings. The third-order valence-electron chi connectivity index (χ3n) is 10.0. The summed E-state index contributed by atoms with van der Waals surface area (Å²) < 4.78 is 12.2. The van der Waals surface area contributed by atoms with E-state index >= 15 is 0 Å². The van der Waals surface area contributed by atoms with E-state index in [-0.39, 0.29) is 29.2 Å². The van der Waals surface area contributed by atoms with Crippen molar-refractivity contribution < 1.29 is 23.9 Å². The monoisotopic (exact) mass is 474 g/mol. The van der Waals surface area contributed by atoms with E-state index in [2.05, 4.69) is 13.8 Å². The number of hydrogen-bond donors (Lipinski definition) is 0. The van der Waals surface area contributed by atoms with Gasteiger partial charge in [0.2, 0.25) is 0 Å². The molecule has 0 spiro atoms. The van der Waals surface area contributed by atoms with Gasteiger partial charge in [-0.05, 0) is 117 Å². The van der Waals surface area contributed by atoms with E-state index in [0.29, 0.717) is 25.7 Å². The fourth-order valence-electron chi connectivity index (χ4n) is 8.10. The Bertz CT molecular complexity index is 789. The van der Waals surface area contributed by atoms with Crippen molar-refractivity contribution in [3.8, 4) is 0 Å². The molecule has 0 aliphatic heterocycles. The van der Waals surface area contributed by atoms with Gasteiger partial charge >= 0.3 is 11.9 Å². The van der Waals surface area contributed by atoms with Crippen LogP contribution in [0.15, 0.2) is 0 Å². The molecule has 2 unspecified atom stereocenters. The average Bonchev–Trinajstić information content (AvgIpc) is 2.72. The van der Waals surface area contributed by atoms with Crippen molar-refractivity contribution in [2.45, 2.75) is 130 Å². The van der Waals surface area contributed by atoms with Gasteiger partial charge in [-0.2, -0.15) is 0 Å². The second-order valence-electron chi connectivity index (χ2n) is 13.7. The molecule has 0 amide bonds. The van der Waals surface area contributed by atoms with Gasteiger partial charge < -0.3 is 9.47 Å². The minimum atomic E-state index is -0.838. The van der Waals surface area contributed by atoms with Crippen LogP contribution in [0.2, 0.25) is 0 Å². The van der Waals surface area contributed by atoms with Crippen molar-refractivity contribution in [1.82, 2.24) is 0 Å². The van der Waals surface area contributed by atoms with E-state index in [1.165, 1.54) is 38.5 Å². The summed E-state index contributed by atoms with van der Waals surface area (Å²) in [5.74, 6) is 2.03. The first-order valence-corrected chi connectivity index (χ1v) is 13.7. The Kier molecular flexibility index (Phi) is 6.74. The lowest BCUT2D eigenvalue weighted by molar-refractivity contribution is -0.208. The van der Waals surface area contributed by atoms with E-state index in [0.717, 1.165) is 30.6 Å². The van der Waals surface area contributed by atoms with Crippen LogP contribution >= 0.6 is 0 Å². The standard InChI is InChI=1S/C29H46O5/c1-7-28(6,18-26(2,3)24(31)33-23-10-8-9-22(30)14-23)25(32)34-27(4,5)29-15-19-11-20(16-29)13-21(12-19)17-29/h19-21,23H,7-18H2,1-6H3. The van der Waals surface area contributed by atoms with Crippen LogP contribution in [0.5, 0.6) is 0 Å². The number of rotatable bonds is 8. The first kappa shape index (κ1) is 25.7. The number of Topliss-reactive ketones (excluding diaryl/α,β-unsaturated/α-hetero) is 1. The molecule has 0 aromatic heterocycles. The summed E-state index contributed by atoms with van der Waals surface area (Å²) in [5.41, 5.74) is -2.03. The summed E-state index contributed by atoms with van der Waals surface area (Å²) in [6, 6.07) is 0. The molecule has 4 bridgehead atoms. The van der Waals surface area contributed by atoms with Crippen LogP contribution in [-0.4, -0.2) is 29.4 Å². The van der Waals surface area contributed by atoms with Gasteiger partial charge in [0.05, 0.1) is 10.8 Å². The summed E-state index contributed by atoms with van der Waals surface area (Å²) >= 11 is 0. The molecule has 5 heteroatoms. The van der Waals surface area contributed by atoms with Crippen LogP contribution in [0.25, 0.3) is 0 Å². The van der Waals surface area contributed by atoms with Gasteiger partial charge in [0.1, 0.15) is 17.5 Å². The van der Waals surface area contributed by atoms with Crippen molar-refractivity contribution in [3.63, 3.8) is 0 Å². The van der Waals surface area contributed by atoms with Gasteiger partial charge in [-0.3, -0.25) is 14.4 Å². The maximum absolute atomic E-state index is 13.7. The van der Waals surface area contributed by atoms with E-state index < -0.39 is 16.4 Å². The van der Waals surface area contributed by atoms with Crippen LogP contribution in [-0.2, 0) is 23.9 Å². The predicted molar refractivity (Wildman–Crippen MR) is 131 cm³/mol. The lowest BCUT2D eigenvalue weighted by Gasteiger charge is -2.61. The quantitative estimate of drug-likeness (QED) is 0.380. The minimum Gasteiger partial charge on any atom is -0.461 e. The molecular weight excluding hydrogens is 428 g/mol. The SMILES string of the molecule is CCC(C)(CC(C)(C)C(=O)OC1CCCC(=O)C1)C(=O)OC(C)(C)C12CC3CC(CC(C3)C1)C2. The number of ether oxygens (including phenoxy) is 2. The molecule has 5 aliphatic carbocycles. The maximum atomic E-state index is 13.7. The topological polar surface area (TPSA) is 69.7 Å². The van der Waals surface area contributed by atoms with Crippen molar-refractivity contribution >= 4 is 17.7 Å². The molecule has 0 aromatic rings. The summed E-state index contributed by atoms with van der Waals surface area (Å²) in [6.07, 6.45) is 10.7. The summed E-state index contributed by atoms with van der Waals surface area (Å²) in [7, 11) is 0.